The second-order valence-corrected chi connectivity index (χ2v) is 3.97. The van der Waals surface area contributed by atoms with E-state index in [1.165, 1.54) is 0 Å². The van der Waals surface area contributed by atoms with Crippen molar-refractivity contribution in [3.8, 4) is 0 Å². The van der Waals surface area contributed by atoms with Crippen molar-refractivity contribution in [2.75, 3.05) is 0 Å². The van der Waals surface area contributed by atoms with Crippen molar-refractivity contribution >= 4 is 11.6 Å². The molecule has 0 saturated heterocycles. The molecule has 0 aromatic carbocycles. The van der Waals surface area contributed by atoms with Gasteiger partial charge in [-0.3, -0.25) is 9.59 Å². The molecule has 0 aromatic heterocycles. The zero-order chi connectivity index (χ0) is 20.2. The largest absolute Gasteiger partial charge is 0.439 e. The van der Waals surface area contributed by atoms with Crippen LogP contribution in [-0.2, 0) is 9.59 Å². The van der Waals surface area contributed by atoms with Gasteiger partial charge in [-0.15, -0.1) is 0 Å². The summed E-state index contributed by atoms with van der Waals surface area (Å²) in [4.78, 5) is 21.2. The molecule has 0 fully saturated rings. The molecule has 0 heterocycles. The van der Waals surface area contributed by atoms with Crippen LogP contribution in [-0.4, -0.2) is 47.6 Å². The molecule has 24 heavy (non-hydrogen) atoms. The monoisotopic (exact) mass is 394 g/mol. The molecule has 0 amide bonds. The third kappa shape index (κ3) is 3.01. The zero-order valence-electron chi connectivity index (χ0n) is 10.1. The maximum absolute atomic E-state index is 13.0. The molecule has 0 atom stereocenters. The van der Waals surface area contributed by atoms with Gasteiger partial charge in [0, 0.05) is 0 Å². The van der Waals surface area contributed by atoms with Gasteiger partial charge in [-0.1, -0.05) is 0 Å². The molecule has 0 radical (unpaired) electrons. The van der Waals surface area contributed by atoms with E-state index < -0.39 is 47.6 Å². The Bertz CT molecular complexity index is 441. The van der Waals surface area contributed by atoms with E-state index in [1.807, 2.05) is 0 Å². The van der Waals surface area contributed by atoms with E-state index in [0.717, 1.165) is 0 Å². The standard InChI is InChI=1S/C8F14O2/c9-3(5(11,12)13,6(14,15)16)1(23)2(24)4(10,7(17,18)19)8(20,21)22. The lowest BCUT2D eigenvalue weighted by Gasteiger charge is -2.32. The van der Waals surface area contributed by atoms with Gasteiger partial charge >= 0.3 is 36.0 Å². The van der Waals surface area contributed by atoms with Gasteiger partial charge in [0.1, 0.15) is 0 Å². The normalized spacial score (nSPS) is 15.4. The maximum atomic E-state index is 13.0. The van der Waals surface area contributed by atoms with E-state index in [4.69, 9.17) is 0 Å². The van der Waals surface area contributed by atoms with Gasteiger partial charge in [-0.2, -0.15) is 52.7 Å². The van der Waals surface area contributed by atoms with Gasteiger partial charge in [0.05, 0.1) is 0 Å². The molecule has 142 valence electrons. The summed E-state index contributed by atoms with van der Waals surface area (Å²) < 4.78 is 171. The lowest BCUT2D eigenvalue weighted by Crippen LogP contribution is -2.68. The highest BCUT2D eigenvalue weighted by Gasteiger charge is 2.85. The molecular formula is C8F14O2. The SMILES string of the molecule is O=C(C(=O)C(F)(C(F)(F)F)C(F)(F)F)C(F)(C(F)(F)F)C(F)(F)F. The van der Waals surface area contributed by atoms with Crippen LogP contribution in [0.5, 0.6) is 0 Å². The summed E-state index contributed by atoms with van der Waals surface area (Å²) >= 11 is 0. The lowest BCUT2D eigenvalue weighted by molar-refractivity contribution is -0.334. The number of alkyl halides is 14. The average molecular weight is 394 g/mol. The molecule has 0 N–H and O–H groups in total. The van der Waals surface area contributed by atoms with Crippen molar-refractivity contribution in [2.24, 2.45) is 0 Å². The number of rotatable bonds is 3. The molecule has 0 bridgehead atoms. The van der Waals surface area contributed by atoms with Gasteiger partial charge < -0.3 is 0 Å². The predicted octanol–water partition coefficient (Wildman–Crippen LogP) is 3.79. The lowest BCUT2D eigenvalue weighted by atomic mass is 9.86. The van der Waals surface area contributed by atoms with Gasteiger partial charge in [-0.25, -0.2) is 8.78 Å². The van der Waals surface area contributed by atoms with E-state index in [1.54, 1.807) is 0 Å². The highest BCUT2D eigenvalue weighted by Crippen LogP contribution is 2.51. The number of carbonyl (C=O) groups is 2. The van der Waals surface area contributed by atoms with Crippen LogP contribution in [0.2, 0.25) is 0 Å². The summed E-state index contributed by atoms with van der Waals surface area (Å²) in [7, 11) is 0. The van der Waals surface area contributed by atoms with Crippen LogP contribution in [0.25, 0.3) is 0 Å². The molecule has 0 aromatic rings. The summed E-state index contributed by atoms with van der Waals surface area (Å²) in [5.74, 6) is -9.92. The Labute approximate surface area is 120 Å². The van der Waals surface area contributed by atoms with Crippen molar-refractivity contribution in [3.05, 3.63) is 0 Å². The molecule has 16 heteroatoms. The fourth-order valence-electron chi connectivity index (χ4n) is 1.15. The Balaban J connectivity index is 6.53. The molecule has 2 nitrogen and oxygen atoms in total. The molecule has 0 rings (SSSR count). The van der Waals surface area contributed by atoms with Crippen molar-refractivity contribution in [2.45, 2.75) is 36.0 Å². The number of Topliss-reactive ketones (excluding diaryl/α,β-unsaturated/α-hetero) is 2. The Morgan fingerprint density at radius 1 is 0.375 bits per heavy atom. The van der Waals surface area contributed by atoms with E-state index in [9.17, 15) is 71.1 Å². The second kappa shape index (κ2) is 5.44. The van der Waals surface area contributed by atoms with Crippen molar-refractivity contribution < 1.29 is 71.1 Å². The third-order valence-electron chi connectivity index (χ3n) is 2.39. The van der Waals surface area contributed by atoms with Crippen LogP contribution in [0.4, 0.5) is 61.5 Å². The molecule has 0 aliphatic rings. The van der Waals surface area contributed by atoms with Crippen LogP contribution in [0, 0.1) is 0 Å². The minimum absolute atomic E-state index is 4.96. The van der Waals surface area contributed by atoms with E-state index >= 15 is 0 Å². The van der Waals surface area contributed by atoms with Crippen LogP contribution < -0.4 is 0 Å². The molecule has 0 aliphatic carbocycles. The topological polar surface area (TPSA) is 34.1 Å². The van der Waals surface area contributed by atoms with Gasteiger partial charge in [0.15, 0.2) is 0 Å². The molecule has 0 unspecified atom stereocenters. The van der Waals surface area contributed by atoms with Crippen molar-refractivity contribution in [1.82, 2.24) is 0 Å². The molecule has 0 spiro atoms. The van der Waals surface area contributed by atoms with Crippen LogP contribution >= 0.6 is 0 Å². The quantitative estimate of drug-likeness (QED) is 0.540. The summed E-state index contributed by atoms with van der Waals surface area (Å²) in [5, 5.41) is 0. The fourth-order valence-corrected chi connectivity index (χ4v) is 1.15. The minimum Gasteiger partial charge on any atom is -0.286 e. The number of ketones is 2. The summed E-state index contributed by atoms with van der Waals surface area (Å²) in [6, 6.07) is 0. The minimum atomic E-state index is -7.50. The first-order chi connectivity index (χ1) is 10.1. The van der Waals surface area contributed by atoms with Gasteiger partial charge in [0.25, 0.3) is 11.6 Å². The maximum Gasteiger partial charge on any atom is 0.439 e. The first-order valence-electron chi connectivity index (χ1n) is 4.80. The number of halogens is 14. The molecule has 0 saturated carbocycles. The average Bonchev–Trinajstić information content (AvgIpc) is 2.29. The van der Waals surface area contributed by atoms with Crippen molar-refractivity contribution in [1.29, 1.82) is 0 Å². The number of carbonyl (C=O) groups excluding carboxylic acids is 2. The second-order valence-electron chi connectivity index (χ2n) is 3.97. The Morgan fingerprint density at radius 2 is 0.500 bits per heavy atom. The molecular weight excluding hydrogens is 394 g/mol. The predicted molar refractivity (Wildman–Crippen MR) is 41.9 cm³/mol. The highest BCUT2D eigenvalue weighted by atomic mass is 19.4. The first kappa shape index (κ1) is 22.4. The Hall–Kier alpha value is -1.64. The van der Waals surface area contributed by atoms with Gasteiger partial charge in [-0.05, 0) is 0 Å². The fraction of sp³-hybridized carbons (Fsp3) is 0.750. The summed E-state index contributed by atoms with van der Waals surface area (Å²) in [6.07, 6.45) is -30.0. The number of hydrogen-bond donors (Lipinski definition) is 0. The van der Waals surface area contributed by atoms with E-state index in [-0.39, 0.29) is 0 Å². The van der Waals surface area contributed by atoms with Crippen LogP contribution in [0.15, 0.2) is 0 Å². The molecule has 0 aliphatic heterocycles. The zero-order valence-corrected chi connectivity index (χ0v) is 10.1. The highest BCUT2D eigenvalue weighted by molar-refractivity contribution is 6.44. The number of hydrogen-bond acceptors (Lipinski definition) is 2. The van der Waals surface area contributed by atoms with Gasteiger partial charge in [0.2, 0.25) is 0 Å². The third-order valence-corrected chi connectivity index (χ3v) is 2.39. The van der Waals surface area contributed by atoms with Crippen molar-refractivity contribution in [3.63, 3.8) is 0 Å². The summed E-state index contributed by atoms with van der Waals surface area (Å²) in [5.41, 5.74) is -15.0. The van der Waals surface area contributed by atoms with E-state index in [2.05, 4.69) is 0 Å². The smallest absolute Gasteiger partial charge is 0.286 e. The summed E-state index contributed by atoms with van der Waals surface area (Å²) in [6.45, 7) is 0. The first-order valence-corrected chi connectivity index (χ1v) is 4.80. The van der Waals surface area contributed by atoms with E-state index in [0.29, 0.717) is 0 Å². The Morgan fingerprint density at radius 3 is 0.583 bits per heavy atom. The van der Waals surface area contributed by atoms with Crippen LogP contribution in [0.3, 0.4) is 0 Å². The Kier molecular flexibility index (Phi) is 5.06. The van der Waals surface area contributed by atoms with Crippen LogP contribution in [0.1, 0.15) is 0 Å².